The van der Waals surface area contributed by atoms with Crippen molar-refractivity contribution >= 4 is 23.5 Å². The lowest BCUT2D eigenvalue weighted by molar-refractivity contribution is -0.134. The second kappa shape index (κ2) is 11.3. The fourth-order valence-corrected chi connectivity index (χ4v) is 4.78. The maximum Gasteiger partial charge on any atom is 0.321 e. The van der Waals surface area contributed by atoms with Gasteiger partial charge in [-0.1, -0.05) is 23.8 Å². The molecule has 0 spiro atoms. The van der Waals surface area contributed by atoms with Crippen LogP contribution in [-0.4, -0.2) is 67.0 Å². The molecule has 0 saturated carbocycles. The molecule has 2 aromatic carbocycles. The van der Waals surface area contributed by atoms with Crippen molar-refractivity contribution in [3.8, 4) is 5.75 Å². The van der Waals surface area contributed by atoms with E-state index in [0.29, 0.717) is 37.2 Å². The van der Waals surface area contributed by atoms with Crippen LogP contribution in [0.1, 0.15) is 41.6 Å². The highest BCUT2D eigenvalue weighted by Crippen LogP contribution is 2.25. The second-order valence-corrected chi connectivity index (χ2v) is 9.34. The van der Waals surface area contributed by atoms with Crippen LogP contribution in [-0.2, 0) is 4.79 Å². The molecule has 0 aliphatic carbocycles. The molecule has 4 rings (SSSR count). The third kappa shape index (κ3) is 6.12. The van der Waals surface area contributed by atoms with Crippen molar-refractivity contribution in [3.63, 3.8) is 0 Å². The number of methoxy groups -OCH3 is 1. The highest BCUT2D eigenvalue weighted by atomic mass is 16.5. The first-order chi connectivity index (χ1) is 16.9. The summed E-state index contributed by atoms with van der Waals surface area (Å²) in [6.45, 7) is 4.51. The quantitative estimate of drug-likeness (QED) is 0.663. The molecule has 2 N–H and O–H groups in total. The van der Waals surface area contributed by atoms with Crippen LogP contribution in [0.4, 0.5) is 10.5 Å². The minimum Gasteiger partial charge on any atom is -0.497 e. The fourth-order valence-electron chi connectivity index (χ4n) is 4.78. The van der Waals surface area contributed by atoms with Gasteiger partial charge in [0.15, 0.2) is 0 Å². The monoisotopic (exact) mass is 478 g/mol. The van der Waals surface area contributed by atoms with Crippen molar-refractivity contribution in [1.82, 2.24) is 15.1 Å². The number of carbonyl (C=O) groups is 3. The smallest absolute Gasteiger partial charge is 0.321 e. The molecule has 35 heavy (non-hydrogen) atoms. The van der Waals surface area contributed by atoms with Crippen molar-refractivity contribution in [2.24, 2.45) is 5.92 Å². The molecule has 8 nitrogen and oxygen atoms in total. The summed E-state index contributed by atoms with van der Waals surface area (Å²) in [6.07, 6.45) is 3.26. The molecule has 2 fully saturated rings. The third-order valence-corrected chi connectivity index (χ3v) is 6.90. The number of ether oxygens (including phenoxy) is 1. The molecule has 2 saturated heterocycles. The normalized spacial score (nSPS) is 17.1. The number of benzene rings is 2. The Hall–Kier alpha value is -3.55. The summed E-state index contributed by atoms with van der Waals surface area (Å²) in [5, 5.41) is 5.96. The van der Waals surface area contributed by atoms with E-state index in [1.54, 1.807) is 36.3 Å². The van der Waals surface area contributed by atoms with Gasteiger partial charge in [0, 0.05) is 37.4 Å². The van der Waals surface area contributed by atoms with Crippen molar-refractivity contribution in [3.05, 3.63) is 59.7 Å². The number of urea groups is 1. The number of piperidine rings is 1. The van der Waals surface area contributed by atoms with Gasteiger partial charge in [0.25, 0.3) is 5.91 Å². The highest BCUT2D eigenvalue weighted by Gasteiger charge is 2.37. The van der Waals surface area contributed by atoms with Crippen LogP contribution in [0.3, 0.4) is 0 Å². The van der Waals surface area contributed by atoms with Crippen LogP contribution < -0.4 is 15.4 Å². The number of likely N-dealkylation sites (tertiary alicyclic amines) is 2. The first-order valence-electron chi connectivity index (χ1n) is 12.3. The summed E-state index contributed by atoms with van der Waals surface area (Å²) in [6, 6.07) is 13.9. The number of nitrogens with zero attached hydrogens (tertiary/aromatic N) is 2. The van der Waals surface area contributed by atoms with Crippen LogP contribution >= 0.6 is 0 Å². The number of carbonyl (C=O) groups excluding carboxylic acids is 3. The summed E-state index contributed by atoms with van der Waals surface area (Å²) in [5.41, 5.74) is 2.35. The average Bonchev–Trinajstić information content (AvgIpc) is 3.43. The van der Waals surface area contributed by atoms with Gasteiger partial charge < -0.3 is 25.2 Å². The molecule has 2 aromatic rings. The second-order valence-electron chi connectivity index (χ2n) is 9.34. The van der Waals surface area contributed by atoms with E-state index >= 15 is 0 Å². The minimum atomic E-state index is -0.617. The Morgan fingerprint density at radius 2 is 1.63 bits per heavy atom. The fraction of sp³-hybridized carbons (Fsp3) is 0.444. The lowest BCUT2D eigenvalue weighted by atomic mass is 9.88. The first-order valence-corrected chi connectivity index (χ1v) is 12.3. The SMILES string of the molecule is COc1cccc(C(=O)NC(C(=O)N2CCCC2)C2CCN(C(=O)Nc3ccc(C)cc3)CC2)c1. The van der Waals surface area contributed by atoms with Gasteiger partial charge in [-0.15, -0.1) is 0 Å². The molecule has 186 valence electrons. The van der Waals surface area contributed by atoms with Crippen LogP contribution in [0, 0.1) is 12.8 Å². The Morgan fingerprint density at radius 1 is 0.943 bits per heavy atom. The molecule has 0 aromatic heterocycles. The van der Waals surface area contributed by atoms with Crippen molar-refractivity contribution in [2.45, 2.75) is 38.6 Å². The number of aryl methyl sites for hydroxylation is 1. The summed E-state index contributed by atoms with van der Waals surface area (Å²) in [4.78, 5) is 42.9. The van der Waals surface area contributed by atoms with Crippen molar-refractivity contribution in [2.75, 3.05) is 38.6 Å². The molecule has 8 heteroatoms. The van der Waals surface area contributed by atoms with Gasteiger partial charge in [0.1, 0.15) is 11.8 Å². The lowest BCUT2D eigenvalue weighted by Crippen LogP contribution is -2.54. The van der Waals surface area contributed by atoms with Crippen LogP contribution in [0.25, 0.3) is 0 Å². The van der Waals surface area contributed by atoms with Crippen LogP contribution in [0.2, 0.25) is 0 Å². The van der Waals surface area contributed by atoms with E-state index in [2.05, 4.69) is 10.6 Å². The molecular weight excluding hydrogens is 444 g/mol. The number of amides is 4. The number of hydrogen-bond acceptors (Lipinski definition) is 4. The molecular formula is C27H34N4O4. The molecule has 2 aliphatic heterocycles. The van der Waals surface area contributed by atoms with Gasteiger partial charge in [-0.2, -0.15) is 0 Å². The number of rotatable bonds is 6. The zero-order valence-corrected chi connectivity index (χ0v) is 20.5. The van der Waals surface area contributed by atoms with Gasteiger partial charge in [-0.3, -0.25) is 9.59 Å². The van der Waals surface area contributed by atoms with E-state index in [0.717, 1.165) is 37.2 Å². The van der Waals surface area contributed by atoms with E-state index in [9.17, 15) is 14.4 Å². The maximum atomic E-state index is 13.4. The van der Waals surface area contributed by atoms with Crippen molar-refractivity contribution < 1.29 is 19.1 Å². The van der Waals surface area contributed by atoms with E-state index in [1.165, 1.54) is 0 Å². The maximum absolute atomic E-state index is 13.4. The Bertz CT molecular complexity index is 1040. The Labute approximate surface area is 206 Å². The van der Waals surface area contributed by atoms with Crippen LogP contribution in [0.5, 0.6) is 5.75 Å². The van der Waals surface area contributed by atoms with E-state index in [4.69, 9.17) is 4.74 Å². The molecule has 4 amide bonds. The van der Waals surface area contributed by atoms with Gasteiger partial charge >= 0.3 is 6.03 Å². The van der Waals surface area contributed by atoms with E-state index < -0.39 is 6.04 Å². The highest BCUT2D eigenvalue weighted by molar-refractivity contribution is 5.98. The Balaban J connectivity index is 1.41. The molecule has 1 unspecified atom stereocenters. The number of hydrogen-bond donors (Lipinski definition) is 2. The standard InChI is InChI=1S/C27H34N4O4/c1-19-8-10-22(11-9-19)28-27(34)31-16-12-20(13-17-31)24(26(33)30-14-3-4-15-30)29-25(32)21-6-5-7-23(18-21)35-2/h5-11,18,20,24H,3-4,12-17H2,1-2H3,(H,28,34)(H,29,32). The zero-order valence-electron chi connectivity index (χ0n) is 20.5. The molecule has 2 heterocycles. The van der Waals surface area contributed by atoms with E-state index in [1.807, 2.05) is 36.1 Å². The van der Waals surface area contributed by atoms with Crippen LogP contribution in [0.15, 0.2) is 48.5 Å². The largest absolute Gasteiger partial charge is 0.497 e. The first kappa shape index (κ1) is 24.6. The predicted molar refractivity (Wildman–Crippen MR) is 135 cm³/mol. The Kier molecular flexibility index (Phi) is 7.90. The van der Waals surface area contributed by atoms with E-state index in [-0.39, 0.29) is 23.8 Å². The molecule has 2 aliphatic rings. The third-order valence-electron chi connectivity index (χ3n) is 6.90. The topological polar surface area (TPSA) is 91.0 Å². The summed E-state index contributed by atoms with van der Waals surface area (Å²) in [7, 11) is 1.56. The van der Waals surface area contributed by atoms with Crippen molar-refractivity contribution in [1.29, 1.82) is 0 Å². The van der Waals surface area contributed by atoms with Gasteiger partial charge in [0.05, 0.1) is 7.11 Å². The van der Waals surface area contributed by atoms with Gasteiger partial charge in [-0.05, 0) is 68.9 Å². The zero-order chi connectivity index (χ0) is 24.8. The Morgan fingerprint density at radius 3 is 2.29 bits per heavy atom. The molecule has 0 bridgehead atoms. The lowest BCUT2D eigenvalue weighted by Gasteiger charge is -2.37. The molecule has 0 radical (unpaired) electrons. The molecule has 1 atom stereocenters. The summed E-state index contributed by atoms with van der Waals surface area (Å²) < 4.78 is 5.24. The number of anilines is 1. The predicted octanol–water partition coefficient (Wildman–Crippen LogP) is 3.67. The average molecular weight is 479 g/mol. The van der Waals surface area contributed by atoms with Gasteiger partial charge in [0.2, 0.25) is 5.91 Å². The summed E-state index contributed by atoms with van der Waals surface area (Å²) >= 11 is 0. The van der Waals surface area contributed by atoms with Gasteiger partial charge in [-0.25, -0.2) is 4.79 Å². The minimum absolute atomic E-state index is 0.0266. The summed E-state index contributed by atoms with van der Waals surface area (Å²) in [5.74, 6) is 0.233. The number of nitrogens with one attached hydrogen (secondary N) is 2.